The molecule has 23 heavy (non-hydrogen) atoms. The number of nitrogens with zero attached hydrogens (tertiary/aromatic N) is 5. The Hall–Kier alpha value is -2.26. The maximum absolute atomic E-state index is 13.5. The highest BCUT2D eigenvalue weighted by Gasteiger charge is 2.21. The van der Waals surface area contributed by atoms with Gasteiger partial charge in [0.25, 0.3) is 0 Å². The van der Waals surface area contributed by atoms with Gasteiger partial charge in [-0.05, 0) is 12.5 Å². The van der Waals surface area contributed by atoms with Crippen LogP contribution in [0.1, 0.15) is 23.9 Å². The third-order valence-corrected chi connectivity index (χ3v) is 3.80. The molecule has 0 radical (unpaired) electrons. The fourth-order valence-corrected chi connectivity index (χ4v) is 2.60. The van der Waals surface area contributed by atoms with Crippen LogP contribution in [0.4, 0.5) is 16.2 Å². The minimum Gasteiger partial charge on any atom is -0.393 e. The van der Waals surface area contributed by atoms with Crippen molar-refractivity contribution in [2.45, 2.75) is 25.6 Å². The fourth-order valence-electron chi connectivity index (χ4n) is 2.60. The molecule has 0 bridgehead atoms. The van der Waals surface area contributed by atoms with Gasteiger partial charge in [0.2, 0.25) is 5.95 Å². The first kappa shape index (κ1) is 15.6. The van der Waals surface area contributed by atoms with Crippen molar-refractivity contribution in [3.05, 3.63) is 29.5 Å². The van der Waals surface area contributed by atoms with Crippen LogP contribution in [0.15, 0.2) is 12.3 Å². The summed E-state index contributed by atoms with van der Waals surface area (Å²) in [4.78, 5) is 10.2. The number of hydrogen-bond acceptors (Lipinski definition) is 7. The molecule has 124 valence electrons. The predicted octanol–water partition coefficient (Wildman–Crippen LogP) is 0.290. The van der Waals surface area contributed by atoms with E-state index in [0.717, 1.165) is 24.9 Å². The molecule has 3 rings (SSSR count). The molecule has 2 aromatic heterocycles. The van der Waals surface area contributed by atoms with E-state index in [2.05, 4.69) is 20.4 Å². The van der Waals surface area contributed by atoms with Crippen molar-refractivity contribution in [1.29, 1.82) is 0 Å². The van der Waals surface area contributed by atoms with E-state index >= 15 is 0 Å². The molecule has 1 aliphatic heterocycles. The molecule has 1 aliphatic rings. The fraction of sp³-hybridized carbons (Fsp3) is 0.500. The zero-order valence-electron chi connectivity index (χ0n) is 12.8. The molecule has 8 nitrogen and oxygen atoms in total. The van der Waals surface area contributed by atoms with Crippen LogP contribution in [0.25, 0.3) is 0 Å². The number of rotatable bonds is 4. The molecule has 0 saturated heterocycles. The van der Waals surface area contributed by atoms with Gasteiger partial charge in [-0.2, -0.15) is 10.1 Å². The van der Waals surface area contributed by atoms with Crippen molar-refractivity contribution in [2.24, 2.45) is 0 Å². The molecular formula is C14H19FN6O2. The van der Waals surface area contributed by atoms with Gasteiger partial charge in [0.1, 0.15) is 6.10 Å². The van der Waals surface area contributed by atoms with E-state index < -0.39 is 11.9 Å². The second-order valence-electron chi connectivity index (χ2n) is 5.37. The summed E-state index contributed by atoms with van der Waals surface area (Å²) >= 11 is 0. The van der Waals surface area contributed by atoms with Gasteiger partial charge in [0.05, 0.1) is 30.7 Å². The third-order valence-electron chi connectivity index (χ3n) is 3.80. The highest BCUT2D eigenvalue weighted by Crippen LogP contribution is 2.22. The van der Waals surface area contributed by atoms with Crippen LogP contribution in [0.3, 0.4) is 0 Å². The molecule has 0 saturated carbocycles. The average Bonchev–Trinajstić information content (AvgIpc) is 2.86. The highest BCUT2D eigenvalue weighted by atomic mass is 19.1. The second-order valence-corrected chi connectivity index (χ2v) is 5.37. The lowest BCUT2D eigenvalue weighted by molar-refractivity contribution is 0.0916. The van der Waals surface area contributed by atoms with E-state index in [-0.39, 0.29) is 12.4 Å². The summed E-state index contributed by atoms with van der Waals surface area (Å²) in [6.45, 7) is 1.55. The summed E-state index contributed by atoms with van der Waals surface area (Å²) in [7, 11) is 1.61. The van der Waals surface area contributed by atoms with E-state index in [0.29, 0.717) is 24.7 Å². The Morgan fingerprint density at radius 1 is 1.43 bits per heavy atom. The number of anilines is 2. The highest BCUT2D eigenvalue weighted by molar-refractivity contribution is 5.42. The molecular weight excluding hydrogens is 303 g/mol. The monoisotopic (exact) mass is 322 g/mol. The molecule has 0 unspecified atom stereocenters. The van der Waals surface area contributed by atoms with Gasteiger partial charge >= 0.3 is 0 Å². The first-order valence-electron chi connectivity index (χ1n) is 7.43. The predicted molar refractivity (Wildman–Crippen MR) is 81.5 cm³/mol. The van der Waals surface area contributed by atoms with Crippen molar-refractivity contribution in [2.75, 3.05) is 30.4 Å². The quantitative estimate of drug-likeness (QED) is 0.744. The van der Waals surface area contributed by atoms with Crippen molar-refractivity contribution < 1.29 is 14.6 Å². The summed E-state index contributed by atoms with van der Waals surface area (Å²) < 4.78 is 15.3. The van der Waals surface area contributed by atoms with E-state index in [1.807, 2.05) is 9.58 Å². The maximum atomic E-state index is 13.5. The third kappa shape index (κ3) is 3.10. The molecule has 0 aromatic carbocycles. The second kappa shape index (κ2) is 6.47. The Kier molecular flexibility index (Phi) is 4.39. The van der Waals surface area contributed by atoms with Gasteiger partial charge in [-0.3, -0.25) is 4.68 Å². The van der Waals surface area contributed by atoms with Crippen LogP contribution in [-0.4, -0.2) is 50.2 Å². The Morgan fingerprint density at radius 3 is 3.00 bits per heavy atom. The molecule has 0 aliphatic carbocycles. The van der Waals surface area contributed by atoms with Gasteiger partial charge in [0, 0.05) is 20.1 Å². The number of fused-ring (bicyclic) bond motifs is 1. The van der Waals surface area contributed by atoms with Crippen molar-refractivity contribution in [3.8, 4) is 0 Å². The normalized spacial score (nSPS) is 15.9. The van der Waals surface area contributed by atoms with E-state index in [1.165, 1.54) is 0 Å². The number of nitrogens with one attached hydrogen (secondary N) is 1. The Bertz CT molecular complexity index is 692. The standard InChI is InChI=1S/C14H19FN6O2/c1-16-13-10(15)6-17-14(18-13)20-3-2-4-21-9(7-20)5-11(19-21)12(23)8-22/h5-6,12,22-23H,2-4,7-8H2,1H3,(H,16,17,18)/t12-/m0/s1. The summed E-state index contributed by atoms with van der Waals surface area (Å²) in [5, 5.41) is 25.8. The van der Waals surface area contributed by atoms with Crippen LogP contribution in [0.5, 0.6) is 0 Å². The number of aryl methyl sites for hydroxylation is 1. The topological polar surface area (TPSA) is 99.3 Å². The maximum Gasteiger partial charge on any atom is 0.227 e. The number of hydrogen-bond donors (Lipinski definition) is 3. The molecule has 0 spiro atoms. The lowest BCUT2D eigenvalue weighted by Gasteiger charge is -2.20. The zero-order chi connectivity index (χ0) is 16.4. The largest absolute Gasteiger partial charge is 0.393 e. The van der Waals surface area contributed by atoms with Gasteiger partial charge < -0.3 is 20.4 Å². The average molecular weight is 322 g/mol. The SMILES string of the molecule is CNc1nc(N2CCCn3nc([C@@H](O)CO)cc3C2)ncc1F. The smallest absolute Gasteiger partial charge is 0.227 e. The minimum atomic E-state index is -0.985. The van der Waals surface area contributed by atoms with Gasteiger partial charge in [-0.15, -0.1) is 0 Å². The molecule has 0 fully saturated rings. The van der Waals surface area contributed by atoms with Crippen LogP contribution in [0, 0.1) is 5.82 Å². The van der Waals surface area contributed by atoms with Gasteiger partial charge in [0.15, 0.2) is 11.6 Å². The molecule has 0 amide bonds. The number of halogens is 1. The van der Waals surface area contributed by atoms with Crippen LogP contribution in [0.2, 0.25) is 0 Å². The van der Waals surface area contributed by atoms with Crippen LogP contribution >= 0.6 is 0 Å². The van der Waals surface area contributed by atoms with Crippen LogP contribution < -0.4 is 10.2 Å². The number of aliphatic hydroxyl groups is 2. The molecule has 3 N–H and O–H groups in total. The first-order chi connectivity index (χ1) is 11.1. The lowest BCUT2D eigenvalue weighted by atomic mass is 10.2. The Labute approximate surface area is 132 Å². The summed E-state index contributed by atoms with van der Waals surface area (Å²) in [5.74, 6) is 0.100. The minimum absolute atomic E-state index is 0.157. The number of aromatic nitrogens is 4. The Morgan fingerprint density at radius 2 is 2.26 bits per heavy atom. The van der Waals surface area contributed by atoms with Crippen molar-refractivity contribution in [3.63, 3.8) is 0 Å². The molecule has 3 heterocycles. The Balaban J connectivity index is 1.87. The van der Waals surface area contributed by atoms with Gasteiger partial charge in [-0.25, -0.2) is 9.37 Å². The van der Waals surface area contributed by atoms with E-state index in [1.54, 1.807) is 13.1 Å². The molecule has 9 heteroatoms. The lowest BCUT2D eigenvalue weighted by Crippen LogP contribution is -2.25. The number of aliphatic hydroxyl groups excluding tert-OH is 2. The van der Waals surface area contributed by atoms with Crippen molar-refractivity contribution in [1.82, 2.24) is 19.7 Å². The first-order valence-corrected chi connectivity index (χ1v) is 7.43. The summed E-state index contributed by atoms with van der Waals surface area (Å²) in [5.41, 5.74) is 1.34. The molecule has 2 aromatic rings. The molecule has 1 atom stereocenters. The van der Waals surface area contributed by atoms with E-state index in [9.17, 15) is 9.50 Å². The summed E-state index contributed by atoms with van der Waals surface area (Å²) in [6, 6.07) is 1.77. The van der Waals surface area contributed by atoms with Gasteiger partial charge in [-0.1, -0.05) is 0 Å². The van der Waals surface area contributed by atoms with Crippen LogP contribution in [-0.2, 0) is 13.1 Å². The van der Waals surface area contributed by atoms with Crippen molar-refractivity contribution >= 4 is 11.8 Å². The summed E-state index contributed by atoms with van der Waals surface area (Å²) in [6.07, 6.45) is 0.983. The van der Waals surface area contributed by atoms with E-state index in [4.69, 9.17) is 5.11 Å². The zero-order valence-corrected chi connectivity index (χ0v) is 12.8.